The first-order valence-corrected chi connectivity index (χ1v) is 10.0. The van der Waals surface area contributed by atoms with Gasteiger partial charge in [0.15, 0.2) is 0 Å². The molecular formula is C18H23N3O4S. The number of nitrogens with one attached hydrogen (secondary N) is 2. The molecule has 1 fully saturated rings. The van der Waals surface area contributed by atoms with E-state index in [1.807, 2.05) is 6.92 Å². The minimum absolute atomic E-state index is 0.0509. The fraction of sp³-hybridized carbons (Fsp3) is 0.444. The van der Waals surface area contributed by atoms with Crippen molar-refractivity contribution in [2.75, 3.05) is 18.4 Å². The Morgan fingerprint density at radius 3 is 2.65 bits per heavy atom. The van der Waals surface area contributed by atoms with Gasteiger partial charge in [0, 0.05) is 30.7 Å². The van der Waals surface area contributed by atoms with Crippen molar-refractivity contribution in [1.82, 2.24) is 9.62 Å². The molecule has 0 spiro atoms. The zero-order chi connectivity index (χ0) is 18.9. The highest BCUT2D eigenvalue weighted by molar-refractivity contribution is 7.89. The second kappa shape index (κ2) is 6.85. The van der Waals surface area contributed by atoms with E-state index < -0.39 is 15.6 Å². The van der Waals surface area contributed by atoms with Gasteiger partial charge in [-0.05, 0) is 56.0 Å². The first-order valence-electron chi connectivity index (χ1n) is 8.61. The third kappa shape index (κ3) is 3.66. The standard InChI is InChI=1S/C18H23N3O4S/c1-3-16(22)20-18(2)8-10-21(11-9-18)26(24,25)14-5-6-15-13(12-14)4-7-17(23)19-15/h3,5-6,12H,1,4,7-11H2,2H3,(H,19,23)(H,20,22). The Morgan fingerprint density at radius 2 is 2.00 bits per heavy atom. The molecule has 0 saturated carbocycles. The Balaban J connectivity index is 1.75. The number of carbonyl (C=O) groups is 2. The fourth-order valence-electron chi connectivity index (χ4n) is 3.36. The zero-order valence-electron chi connectivity index (χ0n) is 14.7. The number of fused-ring (bicyclic) bond motifs is 1. The van der Waals surface area contributed by atoms with Crippen molar-refractivity contribution in [2.45, 2.75) is 43.0 Å². The van der Waals surface area contributed by atoms with Crippen LogP contribution in [0.4, 0.5) is 5.69 Å². The van der Waals surface area contributed by atoms with Crippen LogP contribution in [0.15, 0.2) is 35.7 Å². The van der Waals surface area contributed by atoms with Gasteiger partial charge in [0.25, 0.3) is 0 Å². The number of anilines is 1. The minimum Gasteiger partial charge on any atom is -0.347 e. The number of hydrogen-bond donors (Lipinski definition) is 2. The van der Waals surface area contributed by atoms with E-state index in [4.69, 9.17) is 0 Å². The van der Waals surface area contributed by atoms with Crippen molar-refractivity contribution in [3.05, 3.63) is 36.4 Å². The monoisotopic (exact) mass is 377 g/mol. The number of sulfonamides is 1. The van der Waals surface area contributed by atoms with E-state index >= 15 is 0 Å². The molecule has 2 N–H and O–H groups in total. The lowest BCUT2D eigenvalue weighted by Gasteiger charge is -2.39. The van der Waals surface area contributed by atoms with Crippen LogP contribution in [0.3, 0.4) is 0 Å². The van der Waals surface area contributed by atoms with Crippen molar-refractivity contribution in [1.29, 1.82) is 0 Å². The van der Waals surface area contributed by atoms with Gasteiger partial charge in [0.1, 0.15) is 0 Å². The molecule has 7 nitrogen and oxygen atoms in total. The van der Waals surface area contributed by atoms with Crippen LogP contribution in [0, 0.1) is 0 Å². The molecule has 0 aliphatic carbocycles. The van der Waals surface area contributed by atoms with E-state index in [2.05, 4.69) is 17.2 Å². The maximum Gasteiger partial charge on any atom is 0.243 e. The van der Waals surface area contributed by atoms with Crippen molar-refractivity contribution in [3.63, 3.8) is 0 Å². The van der Waals surface area contributed by atoms with Gasteiger partial charge in [0.05, 0.1) is 4.90 Å². The summed E-state index contributed by atoms with van der Waals surface area (Å²) in [6.45, 7) is 6.04. The highest BCUT2D eigenvalue weighted by Gasteiger charge is 2.36. The summed E-state index contributed by atoms with van der Waals surface area (Å²) < 4.78 is 27.4. The maximum absolute atomic E-state index is 13.0. The molecule has 0 aromatic heterocycles. The number of amides is 2. The van der Waals surface area contributed by atoms with Gasteiger partial charge in [-0.2, -0.15) is 4.31 Å². The number of hydrogen-bond acceptors (Lipinski definition) is 4. The average molecular weight is 377 g/mol. The average Bonchev–Trinajstić information content (AvgIpc) is 2.61. The zero-order valence-corrected chi connectivity index (χ0v) is 15.6. The van der Waals surface area contributed by atoms with Crippen LogP contribution >= 0.6 is 0 Å². The van der Waals surface area contributed by atoms with Gasteiger partial charge in [-0.1, -0.05) is 6.58 Å². The summed E-state index contributed by atoms with van der Waals surface area (Å²) in [4.78, 5) is 23.2. The molecule has 2 amide bonds. The summed E-state index contributed by atoms with van der Waals surface area (Å²) in [5.74, 6) is -0.300. The molecule has 2 aliphatic rings. The Hall–Kier alpha value is -2.19. The molecule has 140 valence electrons. The predicted octanol–water partition coefficient (Wildman–Crippen LogP) is 1.42. The maximum atomic E-state index is 13.0. The van der Waals surface area contributed by atoms with Crippen molar-refractivity contribution in [2.24, 2.45) is 0 Å². The minimum atomic E-state index is -3.61. The fourth-order valence-corrected chi connectivity index (χ4v) is 4.86. The SMILES string of the molecule is C=CC(=O)NC1(C)CCN(S(=O)(=O)c2ccc3c(c2)CCC(=O)N3)CC1. The summed E-state index contributed by atoms with van der Waals surface area (Å²) in [5.41, 5.74) is 1.08. The van der Waals surface area contributed by atoms with Gasteiger partial charge in [-0.15, -0.1) is 0 Å². The smallest absolute Gasteiger partial charge is 0.243 e. The molecule has 2 aliphatic heterocycles. The summed E-state index contributed by atoms with van der Waals surface area (Å²) in [6, 6.07) is 4.84. The number of piperidine rings is 1. The third-order valence-electron chi connectivity index (χ3n) is 5.05. The lowest BCUT2D eigenvalue weighted by atomic mass is 9.90. The Morgan fingerprint density at radius 1 is 1.31 bits per heavy atom. The van der Waals surface area contributed by atoms with Gasteiger partial charge in [-0.25, -0.2) is 8.42 Å². The quantitative estimate of drug-likeness (QED) is 0.776. The van der Waals surface area contributed by atoms with Crippen LogP contribution in [0.1, 0.15) is 31.7 Å². The highest BCUT2D eigenvalue weighted by Crippen LogP contribution is 2.30. The van der Waals surface area contributed by atoms with Crippen LogP contribution < -0.4 is 10.6 Å². The molecule has 0 unspecified atom stereocenters. The van der Waals surface area contributed by atoms with Crippen LogP contribution in [0.5, 0.6) is 0 Å². The lowest BCUT2D eigenvalue weighted by Crippen LogP contribution is -2.53. The normalized spacial score (nSPS) is 20.0. The molecule has 1 saturated heterocycles. The molecule has 1 aromatic carbocycles. The van der Waals surface area contributed by atoms with Crippen LogP contribution in [-0.2, 0) is 26.0 Å². The highest BCUT2D eigenvalue weighted by atomic mass is 32.2. The summed E-state index contributed by atoms with van der Waals surface area (Å²) in [6.07, 6.45) is 3.19. The van der Waals surface area contributed by atoms with E-state index in [0.717, 1.165) is 5.56 Å². The molecule has 0 atom stereocenters. The second-order valence-corrected chi connectivity index (χ2v) is 8.96. The molecule has 26 heavy (non-hydrogen) atoms. The topological polar surface area (TPSA) is 95.6 Å². The summed E-state index contributed by atoms with van der Waals surface area (Å²) in [5, 5.41) is 5.64. The van der Waals surface area contributed by atoms with Gasteiger partial charge in [-0.3, -0.25) is 9.59 Å². The summed E-state index contributed by atoms with van der Waals surface area (Å²) >= 11 is 0. The molecule has 0 radical (unpaired) electrons. The first kappa shape index (κ1) is 18.6. The lowest BCUT2D eigenvalue weighted by molar-refractivity contribution is -0.118. The van der Waals surface area contributed by atoms with Crippen molar-refractivity contribution >= 4 is 27.5 Å². The molecule has 0 bridgehead atoms. The van der Waals surface area contributed by atoms with Gasteiger partial charge >= 0.3 is 0 Å². The number of carbonyl (C=O) groups excluding carboxylic acids is 2. The van der Waals surface area contributed by atoms with Crippen molar-refractivity contribution in [3.8, 4) is 0 Å². The van der Waals surface area contributed by atoms with Gasteiger partial charge in [0.2, 0.25) is 21.8 Å². The number of aryl methyl sites for hydroxylation is 1. The van der Waals surface area contributed by atoms with E-state index in [9.17, 15) is 18.0 Å². The van der Waals surface area contributed by atoms with E-state index in [1.165, 1.54) is 16.4 Å². The predicted molar refractivity (Wildman–Crippen MR) is 98.1 cm³/mol. The largest absolute Gasteiger partial charge is 0.347 e. The number of rotatable bonds is 4. The molecule has 1 aromatic rings. The number of benzene rings is 1. The molecule has 2 heterocycles. The summed E-state index contributed by atoms with van der Waals surface area (Å²) in [7, 11) is -3.61. The first-order chi connectivity index (χ1) is 12.2. The van der Waals surface area contributed by atoms with Gasteiger partial charge < -0.3 is 10.6 Å². The van der Waals surface area contributed by atoms with E-state index in [1.54, 1.807) is 12.1 Å². The van der Waals surface area contributed by atoms with E-state index in [0.29, 0.717) is 44.5 Å². The third-order valence-corrected chi connectivity index (χ3v) is 6.94. The number of nitrogens with zero attached hydrogens (tertiary/aromatic N) is 1. The Kier molecular flexibility index (Phi) is 4.90. The van der Waals surface area contributed by atoms with Crippen LogP contribution in [-0.4, -0.2) is 43.2 Å². The molecule has 3 rings (SSSR count). The molecular weight excluding hydrogens is 354 g/mol. The van der Waals surface area contributed by atoms with E-state index in [-0.39, 0.29) is 16.7 Å². The van der Waals surface area contributed by atoms with Crippen LogP contribution in [0.25, 0.3) is 0 Å². The van der Waals surface area contributed by atoms with Crippen LogP contribution in [0.2, 0.25) is 0 Å². The second-order valence-electron chi connectivity index (χ2n) is 7.03. The molecule has 8 heteroatoms. The Labute approximate surface area is 153 Å². The van der Waals surface area contributed by atoms with Crippen molar-refractivity contribution < 1.29 is 18.0 Å². The Bertz CT molecular complexity index is 855.